The smallest absolute Gasteiger partial charge is 0.338 e. The van der Waals surface area contributed by atoms with Crippen molar-refractivity contribution < 1.29 is 14.3 Å². The number of hydrogen-bond donors (Lipinski definition) is 0. The molecule has 4 nitrogen and oxygen atoms in total. The number of hydrogen-bond acceptors (Lipinski definition) is 3. The fourth-order valence-electron chi connectivity index (χ4n) is 2.33. The summed E-state index contributed by atoms with van der Waals surface area (Å²) in [5.41, 5.74) is 0.359. The van der Waals surface area contributed by atoms with Gasteiger partial charge in [0.05, 0.1) is 5.56 Å². The first-order valence-electron chi connectivity index (χ1n) is 6.76. The highest BCUT2D eigenvalue weighted by atomic mass is 35.5. The Morgan fingerprint density at radius 2 is 2.25 bits per heavy atom. The number of carbonyl (C=O) groups excluding carboxylic acids is 2. The summed E-state index contributed by atoms with van der Waals surface area (Å²) < 4.78 is 5.04. The highest BCUT2D eigenvalue weighted by molar-refractivity contribution is 6.30. The van der Waals surface area contributed by atoms with E-state index in [1.54, 1.807) is 23.1 Å². The van der Waals surface area contributed by atoms with Gasteiger partial charge in [-0.15, -0.1) is 0 Å². The molecule has 0 bridgehead atoms. The van der Waals surface area contributed by atoms with Crippen LogP contribution in [0.3, 0.4) is 0 Å². The largest absolute Gasteiger partial charge is 0.452 e. The molecule has 1 atom stereocenters. The molecule has 1 aromatic carbocycles. The number of amides is 1. The first-order valence-corrected chi connectivity index (χ1v) is 7.14. The maximum atomic E-state index is 12.0. The van der Waals surface area contributed by atoms with Crippen LogP contribution in [0.1, 0.15) is 30.1 Å². The Bertz CT molecular complexity index is 504. The summed E-state index contributed by atoms with van der Waals surface area (Å²) in [5.74, 6) is -0.144. The first kappa shape index (κ1) is 14.9. The van der Waals surface area contributed by atoms with E-state index in [4.69, 9.17) is 16.3 Å². The summed E-state index contributed by atoms with van der Waals surface area (Å²) in [5, 5.41) is 0.468. The number of ether oxygens (including phenoxy) is 1. The Labute approximate surface area is 123 Å². The summed E-state index contributed by atoms with van der Waals surface area (Å²) in [7, 11) is 0. The van der Waals surface area contributed by atoms with Crippen molar-refractivity contribution in [3.63, 3.8) is 0 Å². The van der Waals surface area contributed by atoms with Crippen LogP contribution in [-0.4, -0.2) is 36.5 Å². The van der Waals surface area contributed by atoms with Gasteiger partial charge in [0.1, 0.15) is 0 Å². The molecule has 1 aliphatic heterocycles. The van der Waals surface area contributed by atoms with Crippen LogP contribution >= 0.6 is 11.6 Å². The number of carbonyl (C=O) groups is 2. The Morgan fingerprint density at radius 1 is 1.45 bits per heavy atom. The van der Waals surface area contributed by atoms with Crippen LogP contribution in [0.15, 0.2) is 24.3 Å². The highest BCUT2D eigenvalue weighted by Crippen LogP contribution is 2.16. The van der Waals surface area contributed by atoms with E-state index in [1.165, 1.54) is 6.07 Å². The average Bonchev–Trinajstić information content (AvgIpc) is 2.44. The molecule has 1 aliphatic rings. The van der Waals surface area contributed by atoms with E-state index in [0.29, 0.717) is 16.5 Å². The second-order valence-corrected chi connectivity index (χ2v) is 5.61. The number of nitrogens with zero attached hydrogens (tertiary/aromatic N) is 1. The van der Waals surface area contributed by atoms with Crippen molar-refractivity contribution in [2.75, 3.05) is 19.7 Å². The fourth-order valence-corrected chi connectivity index (χ4v) is 2.52. The van der Waals surface area contributed by atoms with E-state index in [1.807, 2.05) is 0 Å². The molecule has 0 N–H and O–H groups in total. The van der Waals surface area contributed by atoms with Crippen molar-refractivity contribution in [1.29, 1.82) is 0 Å². The van der Waals surface area contributed by atoms with Crippen LogP contribution in [0.5, 0.6) is 0 Å². The Balaban J connectivity index is 1.85. The molecule has 5 heteroatoms. The zero-order valence-electron chi connectivity index (χ0n) is 11.5. The minimum Gasteiger partial charge on any atom is -0.452 e. The van der Waals surface area contributed by atoms with Gasteiger partial charge in [-0.05, 0) is 37.0 Å². The van der Waals surface area contributed by atoms with Gasteiger partial charge in [0, 0.05) is 18.1 Å². The molecule has 2 rings (SSSR count). The molecule has 108 valence electrons. The lowest BCUT2D eigenvalue weighted by molar-refractivity contribution is -0.136. The molecular formula is C15H18ClNO3. The quantitative estimate of drug-likeness (QED) is 0.806. The number of halogens is 1. The van der Waals surface area contributed by atoms with Crippen LogP contribution in [-0.2, 0) is 9.53 Å². The normalized spacial score (nSPS) is 18.7. The predicted molar refractivity (Wildman–Crippen MR) is 76.7 cm³/mol. The average molecular weight is 296 g/mol. The lowest BCUT2D eigenvalue weighted by Gasteiger charge is -2.30. The van der Waals surface area contributed by atoms with Gasteiger partial charge in [0.2, 0.25) is 0 Å². The third-order valence-electron chi connectivity index (χ3n) is 3.40. The van der Waals surface area contributed by atoms with Crippen molar-refractivity contribution >= 4 is 23.5 Å². The predicted octanol–water partition coefficient (Wildman–Crippen LogP) is 2.76. The summed E-state index contributed by atoms with van der Waals surface area (Å²) in [6.45, 7) is 3.40. The van der Waals surface area contributed by atoms with Crippen molar-refractivity contribution in [3.05, 3.63) is 34.9 Å². The van der Waals surface area contributed by atoms with Crippen molar-refractivity contribution in [2.24, 2.45) is 5.92 Å². The molecule has 0 unspecified atom stereocenters. The van der Waals surface area contributed by atoms with Crippen LogP contribution < -0.4 is 0 Å². The summed E-state index contributed by atoms with van der Waals surface area (Å²) >= 11 is 5.81. The van der Waals surface area contributed by atoms with Crippen LogP contribution in [0.25, 0.3) is 0 Å². The van der Waals surface area contributed by atoms with Crippen LogP contribution in [0, 0.1) is 5.92 Å². The maximum Gasteiger partial charge on any atom is 0.338 e. The molecule has 0 spiro atoms. The number of benzene rings is 1. The molecule has 1 fully saturated rings. The van der Waals surface area contributed by atoms with Gasteiger partial charge in [-0.1, -0.05) is 24.6 Å². The Morgan fingerprint density at radius 3 is 2.95 bits per heavy atom. The summed E-state index contributed by atoms with van der Waals surface area (Å²) in [6, 6.07) is 6.49. The fraction of sp³-hybridized carbons (Fsp3) is 0.467. The van der Waals surface area contributed by atoms with Crippen LogP contribution in [0.4, 0.5) is 0 Å². The molecule has 1 saturated heterocycles. The molecule has 0 aliphatic carbocycles. The first-order chi connectivity index (χ1) is 9.56. The molecule has 1 aromatic rings. The van der Waals surface area contributed by atoms with Gasteiger partial charge in [-0.3, -0.25) is 4.79 Å². The van der Waals surface area contributed by atoms with Crippen molar-refractivity contribution in [1.82, 2.24) is 4.90 Å². The minimum atomic E-state index is -0.522. The third-order valence-corrected chi connectivity index (χ3v) is 3.63. The van der Waals surface area contributed by atoms with Gasteiger partial charge in [0.15, 0.2) is 6.61 Å². The van der Waals surface area contributed by atoms with Gasteiger partial charge in [-0.25, -0.2) is 4.79 Å². The minimum absolute atomic E-state index is 0.132. The standard InChI is InChI=1S/C15H18ClNO3/c1-11-4-3-7-17(9-11)14(18)10-20-15(19)12-5-2-6-13(16)8-12/h2,5-6,8,11H,3-4,7,9-10H2,1H3/t11-/m1/s1. The van der Waals surface area contributed by atoms with E-state index in [0.717, 1.165) is 25.9 Å². The van der Waals surface area contributed by atoms with E-state index in [-0.39, 0.29) is 12.5 Å². The molecule has 1 amide bonds. The number of esters is 1. The second kappa shape index (κ2) is 6.75. The summed E-state index contributed by atoms with van der Waals surface area (Å²) in [4.78, 5) is 25.5. The molecule has 0 saturated carbocycles. The Hall–Kier alpha value is -1.55. The SMILES string of the molecule is C[C@@H]1CCCN(C(=O)COC(=O)c2cccc(Cl)c2)C1. The maximum absolute atomic E-state index is 12.0. The van der Waals surface area contributed by atoms with Crippen molar-refractivity contribution in [3.8, 4) is 0 Å². The molecular weight excluding hydrogens is 278 g/mol. The molecule has 0 radical (unpaired) electrons. The van der Waals surface area contributed by atoms with E-state index in [2.05, 4.69) is 6.92 Å². The molecule has 20 heavy (non-hydrogen) atoms. The van der Waals surface area contributed by atoms with Gasteiger partial charge in [-0.2, -0.15) is 0 Å². The third kappa shape index (κ3) is 3.97. The monoisotopic (exact) mass is 295 g/mol. The van der Waals surface area contributed by atoms with Gasteiger partial charge >= 0.3 is 5.97 Å². The number of likely N-dealkylation sites (tertiary alicyclic amines) is 1. The lowest BCUT2D eigenvalue weighted by Crippen LogP contribution is -2.41. The van der Waals surface area contributed by atoms with E-state index < -0.39 is 5.97 Å². The molecule has 0 aromatic heterocycles. The topological polar surface area (TPSA) is 46.6 Å². The summed E-state index contributed by atoms with van der Waals surface area (Å²) in [6.07, 6.45) is 2.15. The zero-order chi connectivity index (χ0) is 14.5. The zero-order valence-corrected chi connectivity index (χ0v) is 12.2. The van der Waals surface area contributed by atoms with E-state index >= 15 is 0 Å². The van der Waals surface area contributed by atoms with Gasteiger partial charge < -0.3 is 9.64 Å². The van der Waals surface area contributed by atoms with Gasteiger partial charge in [0.25, 0.3) is 5.91 Å². The highest BCUT2D eigenvalue weighted by Gasteiger charge is 2.22. The number of rotatable bonds is 3. The molecule has 1 heterocycles. The van der Waals surface area contributed by atoms with E-state index in [9.17, 15) is 9.59 Å². The number of piperidine rings is 1. The van der Waals surface area contributed by atoms with Crippen LogP contribution in [0.2, 0.25) is 5.02 Å². The van der Waals surface area contributed by atoms with Crippen molar-refractivity contribution in [2.45, 2.75) is 19.8 Å². The lowest BCUT2D eigenvalue weighted by atomic mass is 10.0. The Kier molecular flexibility index (Phi) is 5.01. The second-order valence-electron chi connectivity index (χ2n) is 5.17.